The average Bonchev–Trinajstić information content (AvgIpc) is 2.30. The molecule has 17 heavy (non-hydrogen) atoms. The molecule has 0 aliphatic heterocycles. The van der Waals surface area contributed by atoms with Gasteiger partial charge in [-0.05, 0) is 32.0 Å². The van der Waals surface area contributed by atoms with Gasteiger partial charge in [0, 0.05) is 12.5 Å². The van der Waals surface area contributed by atoms with Gasteiger partial charge in [0.2, 0.25) is 0 Å². The third-order valence-electron chi connectivity index (χ3n) is 2.96. The first kappa shape index (κ1) is 13.7. The summed E-state index contributed by atoms with van der Waals surface area (Å²) >= 11 is 0. The van der Waals surface area contributed by atoms with E-state index in [9.17, 15) is 0 Å². The fraction of sp³-hybridized carbons (Fsp3) is 0.500. The smallest absolute Gasteiger partial charge is 0.0947 e. The van der Waals surface area contributed by atoms with Gasteiger partial charge in [0.15, 0.2) is 0 Å². The molecule has 0 fully saturated rings. The van der Waals surface area contributed by atoms with Crippen LogP contribution >= 0.6 is 0 Å². The summed E-state index contributed by atoms with van der Waals surface area (Å²) in [6.07, 6.45) is 2.25. The Labute approximate surface area is 104 Å². The zero-order valence-electron chi connectivity index (χ0n) is 10.8. The molecule has 3 N–H and O–H groups in total. The van der Waals surface area contributed by atoms with Crippen LogP contribution in [0.1, 0.15) is 18.9 Å². The number of nitrogens with one attached hydrogen (secondary N) is 1. The highest BCUT2D eigenvalue weighted by molar-refractivity contribution is 5.79. The second-order valence-corrected chi connectivity index (χ2v) is 4.71. The number of benzene rings is 1. The van der Waals surface area contributed by atoms with Crippen molar-refractivity contribution in [2.24, 2.45) is 11.7 Å². The lowest BCUT2D eigenvalue weighted by molar-refractivity contribution is 0.310. The van der Waals surface area contributed by atoms with E-state index in [2.05, 4.69) is 36.2 Å². The van der Waals surface area contributed by atoms with Gasteiger partial charge in [-0.2, -0.15) is 0 Å². The normalized spacial score (nSPS) is 12.6. The van der Waals surface area contributed by atoms with Crippen molar-refractivity contribution in [3.8, 4) is 0 Å². The topological polar surface area (TPSA) is 53.1 Å². The van der Waals surface area contributed by atoms with Gasteiger partial charge in [0.25, 0.3) is 0 Å². The number of hydrogen-bond acceptors (Lipinski definition) is 2. The average molecular weight is 233 g/mol. The van der Waals surface area contributed by atoms with E-state index < -0.39 is 0 Å². The Morgan fingerprint density at radius 1 is 1.35 bits per heavy atom. The van der Waals surface area contributed by atoms with E-state index in [1.807, 2.05) is 13.0 Å². The molecule has 1 rings (SSSR count). The van der Waals surface area contributed by atoms with Crippen LogP contribution in [0.15, 0.2) is 30.3 Å². The van der Waals surface area contributed by atoms with Crippen molar-refractivity contribution in [2.45, 2.75) is 19.8 Å². The van der Waals surface area contributed by atoms with Gasteiger partial charge in [-0.3, -0.25) is 5.41 Å². The minimum Gasteiger partial charge on any atom is -0.387 e. The number of aryl methyl sites for hydroxylation is 1. The van der Waals surface area contributed by atoms with Crippen LogP contribution in [0.3, 0.4) is 0 Å². The Morgan fingerprint density at radius 2 is 2.00 bits per heavy atom. The minimum absolute atomic E-state index is 0.150. The summed E-state index contributed by atoms with van der Waals surface area (Å²) in [5, 5.41) is 7.36. The molecule has 1 aromatic carbocycles. The molecule has 1 atom stereocenters. The first-order valence-electron chi connectivity index (χ1n) is 6.16. The van der Waals surface area contributed by atoms with Crippen molar-refractivity contribution in [1.82, 2.24) is 4.90 Å². The predicted octanol–water partition coefficient (Wildman–Crippen LogP) is 2.12. The van der Waals surface area contributed by atoms with Gasteiger partial charge in [-0.1, -0.05) is 37.3 Å². The van der Waals surface area contributed by atoms with Crippen LogP contribution < -0.4 is 5.73 Å². The van der Waals surface area contributed by atoms with Crippen LogP contribution in [-0.2, 0) is 6.42 Å². The first-order valence-corrected chi connectivity index (χ1v) is 6.16. The summed E-state index contributed by atoms with van der Waals surface area (Å²) < 4.78 is 0. The highest BCUT2D eigenvalue weighted by Crippen LogP contribution is 2.04. The van der Waals surface area contributed by atoms with Crippen LogP contribution in [0.5, 0.6) is 0 Å². The summed E-state index contributed by atoms with van der Waals surface area (Å²) in [5.41, 5.74) is 6.85. The summed E-state index contributed by atoms with van der Waals surface area (Å²) in [4.78, 5) is 2.25. The molecule has 0 aliphatic rings. The van der Waals surface area contributed by atoms with Gasteiger partial charge < -0.3 is 10.6 Å². The number of rotatable bonds is 7. The van der Waals surface area contributed by atoms with Crippen molar-refractivity contribution < 1.29 is 0 Å². The quantitative estimate of drug-likeness (QED) is 0.560. The highest BCUT2D eigenvalue weighted by Gasteiger charge is 2.08. The molecule has 3 heteroatoms. The third kappa shape index (κ3) is 5.50. The van der Waals surface area contributed by atoms with E-state index in [1.165, 1.54) is 5.56 Å². The fourth-order valence-corrected chi connectivity index (χ4v) is 1.85. The molecule has 94 valence electrons. The fourth-order valence-electron chi connectivity index (χ4n) is 1.85. The maximum atomic E-state index is 7.36. The Kier molecular flexibility index (Phi) is 5.70. The Balaban J connectivity index is 2.20. The van der Waals surface area contributed by atoms with E-state index in [0.29, 0.717) is 0 Å². The monoisotopic (exact) mass is 233 g/mol. The van der Waals surface area contributed by atoms with E-state index in [1.54, 1.807) is 0 Å². The van der Waals surface area contributed by atoms with Crippen LogP contribution in [0.4, 0.5) is 0 Å². The second kappa shape index (κ2) is 7.07. The summed E-state index contributed by atoms with van der Waals surface area (Å²) in [6.45, 7) is 3.91. The van der Waals surface area contributed by atoms with Gasteiger partial charge in [0.1, 0.15) is 0 Å². The van der Waals surface area contributed by atoms with E-state index in [0.717, 1.165) is 25.9 Å². The molecule has 0 aromatic heterocycles. The molecular formula is C14H23N3. The molecular weight excluding hydrogens is 210 g/mol. The van der Waals surface area contributed by atoms with Gasteiger partial charge in [0.05, 0.1) is 5.84 Å². The van der Waals surface area contributed by atoms with Crippen molar-refractivity contribution >= 4 is 5.84 Å². The minimum atomic E-state index is 0.150. The maximum Gasteiger partial charge on any atom is 0.0947 e. The number of nitrogens with zero attached hydrogens (tertiary/aromatic N) is 1. The predicted molar refractivity (Wildman–Crippen MR) is 73.3 cm³/mol. The lowest BCUT2D eigenvalue weighted by Gasteiger charge is -2.20. The molecule has 3 nitrogen and oxygen atoms in total. The molecule has 0 heterocycles. The Hall–Kier alpha value is -1.35. The lowest BCUT2D eigenvalue weighted by atomic mass is 10.1. The maximum absolute atomic E-state index is 7.36. The molecule has 0 bridgehead atoms. The zero-order chi connectivity index (χ0) is 12.7. The van der Waals surface area contributed by atoms with Crippen LogP contribution in [0, 0.1) is 11.3 Å². The molecule has 1 unspecified atom stereocenters. The molecule has 1 aromatic rings. The van der Waals surface area contributed by atoms with Gasteiger partial charge >= 0.3 is 0 Å². The SMILES string of the molecule is CC(CN(C)CCCc1ccccc1)C(=N)N. The first-order chi connectivity index (χ1) is 8.09. The van der Waals surface area contributed by atoms with Crippen LogP contribution in [-0.4, -0.2) is 30.9 Å². The summed E-state index contributed by atoms with van der Waals surface area (Å²) in [5.74, 6) is 0.427. The molecule has 0 radical (unpaired) electrons. The van der Waals surface area contributed by atoms with Crippen molar-refractivity contribution in [3.05, 3.63) is 35.9 Å². The largest absolute Gasteiger partial charge is 0.387 e. The van der Waals surface area contributed by atoms with Crippen molar-refractivity contribution in [1.29, 1.82) is 5.41 Å². The molecule has 0 saturated heterocycles. The molecule has 0 saturated carbocycles. The highest BCUT2D eigenvalue weighted by atomic mass is 15.1. The zero-order valence-corrected chi connectivity index (χ0v) is 10.8. The van der Waals surface area contributed by atoms with E-state index in [-0.39, 0.29) is 11.8 Å². The van der Waals surface area contributed by atoms with Crippen molar-refractivity contribution in [2.75, 3.05) is 20.1 Å². The summed E-state index contributed by atoms with van der Waals surface area (Å²) in [7, 11) is 2.09. The molecule has 0 spiro atoms. The third-order valence-corrected chi connectivity index (χ3v) is 2.96. The number of nitrogens with two attached hydrogens (primary N) is 1. The Bertz CT molecular complexity index is 335. The summed E-state index contributed by atoms with van der Waals surface area (Å²) in [6, 6.07) is 10.5. The lowest BCUT2D eigenvalue weighted by Crippen LogP contribution is -2.32. The van der Waals surface area contributed by atoms with E-state index in [4.69, 9.17) is 11.1 Å². The Morgan fingerprint density at radius 3 is 2.59 bits per heavy atom. The van der Waals surface area contributed by atoms with Gasteiger partial charge in [-0.25, -0.2) is 0 Å². The van der Waals surface area contributed by atoms with Gasteiger partial charge in [-0.15, -0.1) is 0 Å². The van der Waals surface area contributed by atoms with Crippen LogP contribution in [0.25, 0.3) is 0 Å². The van der Waals surface area contributed by atoms with E-state index >= 15 is 0 Å². The molecule has 0 amide bonds. The standard InChI is InChI=1S/C14H23N3/c1-12(14(15)16)11-17(2)10-6-9-13-7-4-3-5-8-13/h3-5,7-8,12H,6,9-11H2,1-2H3,(H3,15,16). The molecule has 0 aliphatic carbocycles. The second-order valence-electron chi connectivity index (χ2n) is 4.71. The van der Waals surface area contributed by atoms with Crippen LogP contribution in [0.2, 0.25) is 0 Å². The van der Waals surface area contributed by atoms with Crippen molar-refractivity contribution in [3.63, 3.8) is 0 Å². The number of amidine groups is 1. The number of hydrogen-bond donors (Lipinski definition) is 2.